The zero-order chi connectivity index (χ0) is 12.0. The lowest BCUT2D eigenvalue weighted by atomic mass is 10.1. The van der Waals surface area contributed by atoms with Gasteiger partial charge in [-0.1, -0.05) is 11.6 Å². The molecule has 0 aromatic heterocycles. The predicted octanol–water partition coefficient (Wildman–Crippen LogP) is 2.22. The van der Waals surface area contributed by atoms with Gasteiger partial charge in [0.15, 0.2) is 0 Å². The lowest BCUT2D eigenvalue weighted by Crippen LogP contribution is -2.18. The van der Waals surface area contributed by atoms with Crippen LogP contribution >= 0.6 is 11.6 Å². The first-order chi connectivity index (χ1) is 8.06. The van der Waals surface area contributed by atoms with Crippen LogP contribution in [0.5, 0.6) is 0 Å². The molecule has 1 heterocycles. The number of hydrogen-bond donors (Lipinski definition) is 1. The van der Waals surface area contributed by atoms with E-state index in [0.717, 1.165) is 11.1 Å². The van der Waals surface area contributed by atoms with Gasteiger partial charge < -0.3 is 5.32 Å². The smallest absolute Gasteiger partial charge is 0.200 e. The second-order valence-electron chi connectivity index (χ2n) is 4.48. The lowest BCUT2D eigenvalue weighted by Gasteiger charge is -2.05. The van der Waals surface area contributed by atoms with E-state index in [0.29, 0.717) is 22.5 Å². The normalized spacial score (nSPS) is 21.1. The van der Waals surface area contributed by atoms with Crippen LogP contribution in [0, 0.1) is 0 Å². The highest BCUT2D eigenvalue weighted by molar-refractivity contribution is 7.95. The molecule has 17 heavy (non-hydrogen) atoms. The molecule has 3 nitrogen and oxygen atoms in total. The van der Waals surface area contributed by atoms with Crippen molar-refractivity contribution in [3.05, 3.63) is 34.2 Å². The molecule has 0 saturated heterocycles. The number of benzene rings is 1. The van der Waals surface area contributed by atoms with Crippen LogP contribution in [0.2, 0.25) is 5.02 Å². The standard InChI is InChI=1S/C12H12ClNO2S/c13-9-1-4-12-11(5-9)8(7-17(12,15)16)6-14-10-2-3-10/h1,4-5,7,10,14H,2-3,6H2. The minimum Gasteiger partial charge on any atom is -0.310 e. The first kappa shape index (κ1) is 11.3. The Bertz CT molecular complexity index is 603. The average molecular weight is 270 g/mol. The summed E-state index contributed by atoms with van der Waals surface area (Å²) in [6.45, 7) is 0.594. The van der Waals surface area contributed by atoms with Crippen LogP contribution in [0.4, 0.5) is 0 Å². The molecule has 1 aromatic carbocycles. The molecule has 2 aliphatic rings. The van der Waals surface area contributed by atoms with E-state index in [-0.39, 0.29) is 0 Å². The highest BCUT2D eigenvalue weighted by Crippen LogP contribution is 2.35. The van der Waals surface area contributed by atoms with Crippen molar-refractivity contribution in [1.29, 1.82) is 0 Å². The van der Waals surface area contributed by atoms with Gasteiger partial charge in [0.05, 0.1) is 4.90 Å². The van der Waals surface area contributed by atoms with Crippen LogP contribution in [0.15, 0.2) is 28.5 Å². The molecule has 1 fully saturated rings. The quantitative estimate of drug-likeness (QED) is 0.915. The van der Waals surface area contributed by atoms with Crippen molar-refractivity contribution in [2.24, 2.45) is 0 Å². The second kappa shape index (κ2) is 3.83. The molecule has 1 N–H and O–H groups in total. The third-order valence-corrected chi connectivity index (χ3v) is 4.85. The van der Waals surface area contributed by atoms with Crippen molar-refractivity contribution in [2.45, 2.75) is 23.8 Å². The van der Waals surface area contributed by atoms with Gasteiger partial charge in [0.25, 0.3) is 0 Å². The van der Waals surface area contributed by atoms with Gasteiger partial charge in [-0.05, 0) is 36.6 Å². The van der Waals surface area contributed by atoms with E-state index in [2.05, 4.69) is 5.32 Å². The zero-order valence-electron chi connectivity index (χ0n) is 9.11. The summed E-state index contributed by atoms with van der Waals surface area (Å²) in [5.41, 5.74) is 1.56. The van der Waals surface area contributed by atoms with Gasteiger partial charge in [-0.2, -0.15) is 0 Å². The fourth-order valence-corrected chi connectivity index (χ4v) is 3.63. The maximum atomic E-state index is 11.9. The second-order valence-corrected chi connectivity index (χ2v) is 6.69. The Balaban J connectivity index is 1.97. The van der Waals surface area contributed by atoms with Crippen LogP contribution in [0.1, 0.15) is 18.4 Å². The molecule has 0 spiro atoms. The van der Waals surface area contributed by atoms with Gasteiger partial charge in [-0.25, -0.2) is 8.42 Å². The van der Waals surface area contributed by atoms with E-state index >= 15 is 0 Å². The lowest BCUT2D eigenvalue weighted by molar-refractivity contribution is 0.605. The Hall–Kier alpha value is -0.840. The molecule has 0 radical (unpaired) electrons. The van der Waals surface area contributed by atoms with Crippen LogP contribution < -0.4 is 5.32 Å². The van der Waals surface area contributed by atoms with Gasteiger partial charge in [0.1, 0.15) is 0 Å². The van der Waals surface area contributed by atoms with Gasteiger partial charge >= 0.3 is 0 Å². The predicted molar refractivity (Wildman–Crippen MR) is 67.6 cm³/mol. The summed E-state index contributed by atoms with van der Waals surface area (Å²) in [7, 11) is -3.26. The summed E-state index contributed by atoms with van der Waals surface area (Å²) >= 11 is 5.91. The molecule has 1 aliphatic carbocycles. The number of rotatable bonds is 3. The van der Waals surface area contributed by atoms with Gasteiger partial charge in [-0.15, -0.1) is 0 Å². The molecule has 3 rings (SSSR count). The number of hydrogen-bond acceptors (Lipinski definition) is 3. The first-order valence-electron chi connectivity index (χ1n) is 5.55. The maximum Gasteiger partial charge on any atom is 0.200 e. The van der Waals surface area contributed by atoms with Crippen molar-refractivity contribution in [3.63, 3.8) is 0 Å². The summed E-state index contributed by atoms with van der Waals surface area (Å²) in [6.07, 6.45) is 2.37. The minimum atomic E-state index is -3.26. The van der Waals surface area contributed by atoms with Crippen molar-refractivity contribution < 1.29 is 8.42 Å². The molecule has 1 aliphatic heterocycles. The number of halogens is 1. The molecule has 0 bridgehead atoms. The third-order valence-electron chi connectivity index (χ3n) is 3.05. The van der Waals surface area contributed by atoms with Gasteiger partial charge in [-0.3, -0.25) is 0 Å². The zero-order valence-corrected chi connectivity index (χ0v) is 10.7. The highest BCUT2D eigenvalue weighted by atomic mass is 35.5. The van der Waals surface area contributed by atoms with E-state index < -0.39 is 9.84 Å². The molecule has 0 unspecified atom stereocenters. The third kappa shape index (κ3) is 2.12. The van der Waals surface area contributed by atoms with Crippen molar-refractivity contribution >= 4 is 27.0 Å². The Morgan fingerprint density at radius 3 is 2.82 bits per heavy atom. The molecular formula is C12H12ClNO2S. The van der Waals surface area contributed by atoms with Crippen LogP contribution in [0.25, 0.3) is 5.57 Å². The molecular weight excluding hydrogens is 258 g/mol. The largest absolute Gasteiger partial charge is 0.310 e. The SMILES string of the molecule is O=S1(=O)C=C(CNC2CC2)c2cc(Cl)ccc21. The van der Waals surface area contributed by atoms with Crippen LogP contribution in [-0.2, 0) is 9.84 Å². The fraction of sp³-hybridized carbons (Fsp3) is 0.333. The number of sulfone groups is 1. The van der Waals surface area contributed by atoms with Gasteiger partial charge in [0.2, 0.25) is 9.84 Å². The summed E-state index contributed by atoms with van der Waals surface area (Å²) < 4.78 is 23.8. The minimum absolute atomic E-state index is 0.370. The van der Waals surface area contributed by atoms with E-state index in [1.54, 1.807) is 18.2 Å². The summed E-state index contributed by atoms with van der Waals surface area (Å²) in [5, 5.41) is 5.24. The molecule has 90 valence electrons. The van der Waals surface area contributed by atoms with Crippen molar-refractivity contribution in [1.82, 2.24) is 5.32 Å². The van der Waals surface area contributed by atoms with E-state index in [9.17, 15) is 8.42 Å². The van der Waals surface area contributed by atoms with Gasteiger partial charge in [0, 0.05) is 28.6 Å². The Kier molecular flexibility index (Phi) is 2.54. The highest BCUT2D eigenvalue weighted by Gasteiger charge is 2.28. The van der Waals surface area contributed by atoms with E-state index in [1.165, 1.54) is 18.2 Å². The molecule has 1 aromatic rings. The fourth-order valence-electron chi connectivity index (χ4n) is 1.99. The monoisotopic (exact) mass is 269 g/mol. The van der Waals surface area contributed by atoms with E-state index in [1.807, 2.05) is 0 Å². The van der Waals surface area contributed by atoms with Crippen LogP contribution in [0.3, 0.4) is 0 Å². The molecule has 1 saturated carbocycles. The topological polar surface area (TPSA) is 46.2 Å². The molecule has 5 heteroatoms. The van der Waals surface area contributed by atoms with Crippen molar-refractivity contribution in [2.75, 3.05) is 6.54 Å². The molecule has 0 atom stereocenters. The molecule has 0 amide bonds. The van der Waals surface area contributed by atoms with Crippen molar-refractivity contribution in [3.8, 4) is 0 Å². The number of nitrogens with one attached hydrogen (secondary N) is 1. The average Bonchev–Trinajstić information content (AvgIpc) is 3.03. The summed E-state index contributed by atoms with van der Waals surface area (Å²) in [4.78, 5) is 0.370. The Morgan fingerprint density at radius 2 is 2.12 bits per heavy atom. The summed E-state index contributed by atoms with van der Waals surface area (Å²) in [5.74, 6) is 0. The Morgan fingerprint density at radius 1 is 1.35 bits per heavy atom. The Labute approximate surface area is 105 Å². The van der Waals surface area contributed by atoms with Crippen LogP contribution in [-0.4, -0.2) is 21.0 Å². The first-order valence-corrected chi connectivity index (χ1v) is 7.48. The maximum absolute atomic E-state index is 11.9. The number of fused-ring (bicyclic) bond motifs is 1. The summed E-state index contributed by atoms with van der Waals surface area (Å²) in [6, 6.07) is 5.47. The van der Waals surface area contributed by atoms with E-state index in [4.69, 9.17) is 11.6 Å².